The zero-order valence-corrected chi connectivity index (χ0v) is 14.2. The van der Waals surface area contributed by atoms with Crippen molar-refractivity contribution in [3.8, 4) is 5.75 Å². The van der Waals surface area contributed by atoms with Crippen LogP contribution in [0.1, 0.15) is 21.7 Å². The van der Waals surface area contributed by atoms with Gasteiger partial charge in [0.05, 0.1) is 7.11 Å². The van der Waals surface area contributed by atoms with Crippen LogP contribution >= 0.6 is 15.9 Å². The molecule has 1 aromatic heterocycles. The Labute approximate surface area is 144 Å². The lowest BCUT2D eigenvalue weighted by atomic mass is 10.1. The number of methoxy groups -OCH3 is 1. The van der Waals surface area contributed by atoms with Gasteiger partial charge in [0.15, 0.2) is 10.4 Å². The molecule has 0 atom stereocenters. The minimum atomic E-state index is -4.68. The first-order valence-electron chi connectivity index (χ1n) is 7.06. The van der Waals surface area contributed by atoms with Gasteiger partial charge in [-0.1, -0.05) is 12.1 Å². The van der Waals surface area contributed by atoms with Crippen LogP contribution in [0.4, 0.5) is 13.2 Å². The smallest absolute Gasteiger partial charge is 0.435 e. The lowest BCUT2D eigenvalue weighted by molar-refractivity contribution is -0.141. The predicted molar refractivity (Wildman–Crippen MR) is 82.7 cm³/mol. The number of imidazole rings is 1. The molecule has 128 valence electrons. The SMILES string of the molecule is COc1ccc(CN2CCn3c(Br)nc(C(F)(F)F)c3C2=O)cc1. The Bertz CT molecular complexity index is 772. The Balaban J connectivity index is 1.88. The number of amides is 1. The zero-order valence-electron chi connectivity index (χ0n) is 12.6. The van der Waals surface area contributed by atoms with Crippen LogP contribution in [0.2, 0.25) is 0 Å². The summed E-state index contributed by atoms with van der Waals surface area (Å²) < 4.78 is 45.7. The molecule has 1 aliphatic heterocycles. The highest BCUT2D eigenvalue weighted by molar-refractivity contribution is 9.10. The summed E-state index contributed by atoms with van der Waals surface area (Å²) in [6, 6.07) is 7.04. The van der Waals surface area contributed by atoms with Crippen molar-refractivity contribution in [3.05, 3.63) is 46.0 Å². The van der Waals surface area contributed by atoms with Crippen molar-refractivity contribution in [1.29, 1.82) is 0 Å². The molecule has 0 saturated carbocycles. The number of hydrogen-bond donors (Lipinski definition) is 0. The molecule has 0 radical (unpaired) electrons. The average Bonchev–Trinajstić information content (AvgIpc) is 2.89. The second-order valence-corrected chi connectivity index (χ2v) is 6.01. The summed E-state index contributed by atoms with van der Waals surface area (Å²) in [6.07, 6.45) is -4.68. The Kier molecular flexibility index (Phi) is 4.29. The van der Waals surface area contributed by atoms with Gasteiger partial charge >= 0.3 is 6.18 Å². The molecule has 2 aromatic rings. The van der Waals surface area contributed by atoms with E-state index in [1.807, 2.05) is 0 Å². The Morgan fingerprint density at radius 1 is 1.25 bits per heavy atom. The molecule has 3 rings (SSSR count). The fourth-order valence-electron chi connectivity index (χ4n) is 2.62. The molecule has 1 aliphatic rings. The van der Waals surface area contributed by atoms with Crippen LogP contribution in [0, 0.1) is 0 Å². The molecule has 5 nitrogen and oxygen atoms in total. The molecule has 2 heterocycles. The molecule has 24 heavy (non-hydrogen) atoms. The van der Waals surface area contributed by atoms with Crippen LogP contribution in [-0.4, -0.2) is 34.0 Å². The summed E-state index contributed by atoms with van der Waals surface area (Å²) in [5, 5.41) is 0. The normalized spacial score (nSPS) is 14.7. The standard InChI is InChI=1S/C15H13BrF3N3O2/c1-24-10-4-2-9(3-5-10)8-21-6-7-22-11(13(21)23)12(15(17,18)19)20-14(22)16/h2-5H,6-8H2,1H3. The van der Waals surface area contributed by atoms with E-state index in [2.05, 4.69) is 20.9 Å². The second-order valence-electron chi connectivity index (χ2n) is 5.30. The Morgan fingerprint density at radius 3 is 2.50 bits per heavy atom. The molecule has 0 spiro atoms. The number of alkyl halides is 3. The molecule has 1 aromatic carbocycles. The largest absolute Gasteiger partial charge is 0.497 e. The first-order chi connectivity index (χ1) is 11.3. The number of ether oxygens (including phenoxy) is 1. The van der Waals surface area contributed by atoms with Crippen molar-refractivity contribution in [1.82, 2.24) is 14.5 Å². The number of benzene rings is 1. The number of carbonyl (C=O) groups excluding carboxylic acids is 1. The van der Waals surface area contributed by atoms with Crippen LogP contribution in [0.15, 0.2) is 29.0 Å². The van der Waals surface area contributed by atoms with E-state index in [1.165, 1.54) is 9.47 Å². The molecule has 1 amide bonds. The van der Waals surface area contributed by atoms with Gasteiger partial charge in [0.25, 0.3) is 5.91 Å². The molecule has 0 N–H and O–H groups in total. The van der Waals surface area contributed by atoms with E-state index < -0.39 is 23.5 Å². The van der Waals surface area contributed by atoms with Crippen LogP contribution in [0.3, 0.4) is 0 Å². The highest BCUT2D eigenvalue weighted by Crippen LogP contribution is 2.35. The Morgan fingerprint density at radius 2 is 1.92 bits per heavy atom. The Hall–Kier alpha value is -2.03. The molecular formula is C15H13BrF3N3O2. The lowest BCUT2D eigenvalue weighted by Crippen LogP contribution is -2.40. The van der Waals surface area contributed by atoms with Gasteiger partial charge in [0.2, 0.25) is 0 Å². The number of carbonyl (C=O) groups is 1. The highest BCUT2D eigenvalue weighted by atomic mass is 79.9. The minimum Gasteiger partial charge on any atom is -0.497 e. The van der Waals surface area contributed by atoms with Gasteiger partial charge < -0.3 is 14.2 Å². The van der Waals surface area contributed by atoms with Gasteiger partial charge in [0, 0.05) is 19.6 Å². The molecule has 9 heteroatoms. The predicted octanol–water partition coefficient (Wildman–Crippen LogP) is 3.33. The van der Waals surface area contributed by atoms with Crippen LogP contribution in [-0.2, 0) is 19.3 Å². The third kappa shape index (κ3) is 3.00. The zero-order chi connectivity index (χ0) is 17.5. The number of halogens is 4. The highest BCUT2D eigenvalue weighted by Gasteiger charge is 2.43. The number of hydrogen-bond acceptors (Lipinski definition) is 3. The maximum atomic E-state index is 13.1. The van der Waals surface area contributed by atoms with E-state index in [9.17, 15) is 18.0 Å². The van der Waals surface area contributed by atoms with Crippen molar-refractivity contribution < 1.29 is 22.7 Å². The quantitative estimate of drug-likeness (QED) is 0.789. The summed E-state index contributed by atoms with van der Waals surface area (Å²) in [4.78, 5) is 17.4. The lowest BCUT2D eigenvalue weighted by Gasteiger charge is -2.29. The summed E-state index contributed by atoms with van der Waals surface area (Å²) in [5.74, 6) is -0.00678. The van der Waals surface area contributed by atoms with E-state index in [-0.39, 0.29) is 17.8 Å². The van der Waals surface area contributed by atoms with Crippen molar-refractivity contribution in [2.24, 2.45) is 0 Å². The first kappa shape index (κ1) is 16.8. The van der Waals surface area contributed by atoms with Crippen LogP contribution in [0.25, 0.3) is 0 Å². The van der Waals surface area contributed by atoms with Gasteiger partial charge in [-0.3, -0.25) is 4.79 Å². The second kappa shape index (κ2) is 6.12. The van der Waals surface area contributed by atoms with Crippen molar-refractivity contribution in [2.45, 2.75) is 19.3 Å². The third-order valence-corrected chi connectivity index (χ3v) is 4.41. The molecule has 0 fully saturated rings. The molecule has 0 saturated heterocycles. The third-order valence-electron chi connectivity index (χ3n) is 3.81. The summed E-state index contributed by atoms with van der Waals surface area (Å²) in [5.41, 5.74) is -0.766. The van der Waals surface area contributed by atoms with E-state index in [1.54, 1.807) is 31.4 Å². The van der Waals surface area contributed by atoms with Crippen molar-refractivity contribution >= 4 is 21.8 Å². The summed E-state index contributed by atoms with van der Waals surface area (Å²) >= 11 is 2.99. The van der Waals surface area contributed by atoms with Gasteiger partial charge in [-0.15, -0.1) is 0 Å². The fraction of sp³-hybridized carbons (Fsp3) is 0.333. The van der Waals surface area contributed by atoms with Gasteiger partial charge in [0.1, 0.15) is 11.4 Å². The maximum Gasteiger partial charge on any atom is 0.435 e. The van der Waals surface area contributed by atoms with Crippen LogP contribution in [0.5, 0.6) is 5.75 Å². The topological polar surface area (TPSA) is 47.4 Å². The van der Waals surface area contributed by atoms with Crippen molar-refractivity contribution in [2.75, 3.05) is 13.7 Å². The molecular weight excluding hydrogens is 391 g/mol. The van der Waals surface area contributed by atoms with E-state index >= 15 is 0 Å². The minimum absolute atomic E-state index is 0.0160. The first-order valence-corrected chi connectivity index (χ1v) is 7.86. The van der Waals surface area contributed by atoms with E-state index in [0.29, 0.717) is 12.3 Å². The number of rotatable bonds is 3. The molecule has 0 aliphatic carbocycles. The summed E-state index contributed by atoms with van der Waals surface area (Å²) in [6.45, 7) is 0.786. The number of nitrogens with zero attached hydrogens (tertiary/aromatic N) is 3. The molecule has 0 unspecified atom stereocenters. The van der Waals surface area contributed by atoms with E-state index in [0.717, 1.165) is 5.56 Å². The summed E-state index contributed by atoms with van der Waals surface area (Å²) in [7, 11) is 1.54. The van der Waals surface area contributed by atoms with Crippen molar-refractivity contribution in [3.63, 3.8) is 0 Å². The van der Waals surface area contributed by atoms with Gasteiger partial charge in [-0.2, -0.15) is 13.2 Å². The van der Waals surface area contributed by atoms with Gasteiger partial charge in [-0.25, -0.2) is 4.98 Å². The fourth-order valence-corrected chi connectivity index (χ4v) is 3.15. The molecule has 0 bridgehead atoms. The average molecular weight is 404 g/mol. The number of aromatic nitrogens is 2. The maximum absolute atomic E-state index is 13.1. The van der Waals surface area contributed by atoms with Gasteiger partial charge in [-0.05, 0) is 33.6 Å². The monoisotopic (exact) mass is 403 g/mol. The number of fused-ring (bicyclic) bond motifs is 1. The van der Waals surface area contributed by atoms with Crippen LogP contribution < -0.4 is 4.74 Å². The van der Waals surface area contributed by atoms with E-state index in [4.69, 9.17) is 4.74 Å².